The van der Waals surface area contributed by atoms with Crippen molar-refractivity contribution in [2.24, 2.45) is 0 Å². The van der Waals surface area contributed by atoms with Crippen molar-refractivity contribution in [2.45, 2.75) is 31.2 Å². The second kappa shape index (κ2) is 7.33. The van der Waals surface area contributed by atoms with Gasteiger partial charge in [-0.3, -0.25) is 4.79 Å². The molecule has 8 heteroatoms. The van der Waals surface area contributed by atoms with E-state index in [1.807, 2.05) is 19.9 Å². The van der Waals surface area contributed by atoms with E-state index in [0.717, 1.165) is 11.1 Å². The van der Waals surface area contributed by atoms with Crippen LogP contribution < -0.4 is 5.32 Å². The maximum Gasteiger partial charge on any atom is 0.277 e. The summed E-state index contributed by atoms with van der Waals surface area (Å²) in [4.78, 5) is 12.4. The number of thioether (sulfide) groups is 1. The predicted octanol–water partition coefficient (Wildman–Crippen LogP) is 4.72. The van der Waals surface area contributed by atoms with Crippen LogP contribution in [0.25, 0.3) is 11.5 Å². The van der Waals surface area contributed by atoms with E-state index in [0.29, 0.717) is 27.6 Å². The van der Waals surface area contributed by atoms with Gasteiger partial charge in [0.2, 0.25) is 5.91 Å². The summed E-state index contributed by atoms with van der Waals surface area (Å²) in [5.41, 5.74) is 2.25. The van der Waals surface area contributed by atoms with E-state index in [4.69, 9.17) is 20.4 Å². The van der Waals surface area contributed by atoms with Gasteiger partial charge in [0.05, 0.1) is 17.1 Å². The number of nitrogens with one attached hydrogen (secondary N) is 1. The molecule has 3 aromatic rings. The highest BCUT2D eigenvalue weighted by atomic mass is 35.5. The second-order valence-corrected chi connectivity index (χ2v) is 7.12. The van der Waals surface area contributed by atoms with Crippen LogP contribution in [-0.4, -0.2) is 21.4 Å². The van der Waals surface area contributed by atoms with Gasteiger partial charge in [-0.2, -0.15) is 0 Å². The molecule has 1 atom stereocenters. The number of furan rings is 1. The first-order valence-electron chi connectivity index (χ1n) is 7.56. The van der Waals surface area contributed by atoms with Crippen molar-refractivity contribution in [3.8, 4) is 11.5 Å². The Morgan fingerprint density at radius 1 is 1.28 bits per heavy atom. The van der Waals surface area contributed by atoms with Crippen molar-refractivity contribution in [1.82, 2.24) is 10.2 Å². The molecule has 0 aliphatic carbocycles. The third-order valence-electron chi connectivity index (χ3n) is 3.67. The SMILES string of the molecule is Cc1occc1-c1nnc(S[C@H](C)C(=O)Nc2cccc(Cl)c2C)o1. The van der Waals surface area contributed by atoms with Gasteiger partial charge < -0.3 is 14.2 Å². The van der Waals surface area contributed by atoms with E-state index >= 15 is 0 Å². The maximum atomic E-state index is 12.4. The number of carbonyl (C=O) groups excluding carboxylic acids is 1. The summed E-state index contributed by atoms with van der Waals surface area (Å²) in [6.45, 7) is 5.44. The Hall–Kier alpha value is -2.25. The smallest absolute Gasteiger partial charge is 0.277 e. The van der Waals surface area contributed by atoms with Crippen LogP contribution in [0, 0.1) is 13.8 Å². The molecule has 1 aromatic carbocycles. The topological polar surface area (TPSA) is 81.2 Å². The van der Waals surface area contributed by atoms with Gasteiger partial charge in [-0.05, 0) is 44.5 Å². The van der Waals surface area contributed by atoms with Crippen LogP contribution in [-0.2, 0) is 4.79 Å². The van der Waals surface area contributed by atoms with Crippen LogP contribution in [0.15, 0.2) is 44.6 Å². The van der Waals surface area contributed by atoms with Crippen molar-refractivity contribution in [3.05, 3.63) is 46.9 Å². The normalized spacial score (nSPS) is 12.2. The molecule has 0 saturated carbocycles. The summed E-state index contributed by atoms with van der Waals surface area (Å²) in [6, 6.07) is 7.14. The van der Waals surface area contributed by atoms with Crippen LogP contribution in [0.1, 0.15) is 18.2 Å². The number of anilines is 1. The third kappa shape index (κ3) is 3.88. The number of hydrogen-bond acceptors (Lipinski definition) is 6. The first-order chi connectivity index (χ1) is 12.0. The van der Waals surface area contributed by atoms with Crippen LogP contribution in [0.5, 0.6) is 0 Å². The average molecular weight is 378 g/mol. The molecule has 130 valence electrons. The number of halogens is 1. The molecule has 1 amide bonds. The number of aromatic nitrogens is 2. The lowest BCUT2D eigenvalue weighted by atomic mass is 10.2. The van der Waals surface area contributed by atoms with Crippen LogP contribution in [0.2, 0.25) is 5.02 Å². The number of amides is 1. The molecule has 0 saturated heterocycles. The Labute approximate surface area is 154 Å². The van der Waals surface area contributed by atoms with Crippen LogP contribution in [0.3, 0.4) is 0 Å². The Balaban J connectivity index is 1.67. The summed E-state index contributed by atoms with van der Waals surface area (Å²) in [6.07, 6.45) is 1.56. The molecule has 2 heterocycles. The standard InChI is InChI=1S/C17H16ClN3O3S/c1-9-13(18)5-4-6-14(9)19-15(22)11(3)25-17-21-20-16(24-17)12-7-8-23-10(12)2/h4-8,11H,1-3H3,(H,19,22)/t11-/m1/s1. The van der Waals surface area contributed by atoms with Gasteiger partial charge in [0.15, 0.2) is 0 Å². The zero-order valence-electron chi connectivity index (χ0n) is 13.9. The first-order valence-corrected chi connectivity index (χ1v) is 8.82. The lowest BCUT2D eigenvalue weighted by Gasteiger charge is -2.12. The molecule has 0 bridgehead atoms. The molecule has 0 aliphatic heterocycles. The minimum Gasteiger partial charge on any atom is -0.469 e. The fraction of sp³-hybridized carbons (Fsp3) is 0.235. The molecule has 6 nitrogen and oxygen atoms in total. The minimum atomic E-state index is -0.419. The highest BCUT2D eigenvalue weighted by Crippen LogP contribution is 2.29. The molecule has 3 rings (SSSR count). The van der Waals surface area contributed by atoms with Gasteiger partial charge in [-0.15, -0.1) is 10.2 Å². The quantitative estimate of drug-likeness (QED) is 0.648. The molecule has 0 radical (unpaired) electrons. The fourth-order valence-corrected chi connectivity index (χ4v) is 3.01. The molecule has 0 unspecified atom stereocenters. The van der Waals surface area contributed by atoms with E-state index in [9.17, 15) is 4.79 Å². The Morgan fingerprint density at radius 3 is 2.80 bits per heavy atom. The van der Waals surface area contributed by atoms with Gasteiger partial charge in [0, 0.05) is 10.7 Å². The number of nitrogens with zero attached hydrogens (tertiary/aromatic N) is 2. The summed E-state index contributed by atoms with van der Waals surface area (Å²) in [5, 5.41) is 11.3. The summed E-state index contributed by atoms with van der Waals surface area (Å²) in [5.74, 6) is 0.893. The minimum absolute atomic E-state index is 0.172. The average Bonchev–Trinajstić information content (AvgIpc) is 3.20. The van der Waals surface area contributed by atoms with Gasteiger partial charge in [0.25, 0.3) is 11.1 Å². The Kier molecular flexibility index (Phi) is 5.15. The first kappa shape index (κ1) is 17.6. The fourth-order valence-electron chi connectivity index (χ4n) is 2.16. The van der Waals surface area contributed by atoms with E-state index in [2.05, 4.69) is 15.5 Å². The summed E-state index contributed by atoms with van der Waals surface area (Å²) in [7, 11) is 0. The summed E-state index contributed by atoms with van der Waals surface area (Å²) >= 11 is 7.26. The van der Waals surface area contributed by atoms with E-state index in [-0.39, 0.29) is 5.91 Å². The lowest BCUT2D eigenvalue weighted by molar-refractivity contribution is -0.115. The Morgan fingerprint density at radius 2 is 2.08 bits per heavy atom. The predicted molar refractivity (Wildman–Crippen MR) is 96.9 cm³/mol. The van der Waals surface area contributed by atoms with E-state index < -0.39 is 5.25 Å². The molecule has 0 fully saturated rings. The van der Waals surface area contributed by atoms with Crippen molar-refractivity contribution >= 4 is 35.0 Å². The number of rotatable bonds is 5. The molecule has 0 spiro atoms. The van der Waals surface area contributed by atoms with Crippen molar-refractivity contribution in [3.63, 3.8) is 0 Å². The molecular formula is C17H16ClN3O3S. The number of benzene rings is 1. The number of aryl methyl sites for hydroxylation is 1. The van der Waals surface area contributed by atoms with E-state index in [1.54, 1.807) is 31.4 Å². The van der Waals surface area contributed by atoms with Crippen LogP contribution >= 0.6 is 23.4 Å². The summed E-state index contributed by atoms with van der Waals surface area (Å²) < 4.78 is 10.8. The van der Waals surface area contributed by atoms with Gasteiger partial charge in [0.1, 0.15) is 5.76 Å². The zero-order chi connectivity index (χ0) is 18.0. The molecule has 2 aromatic heterocycles. The molecular weight excluding hydrogens is 362 g/mol. The second-order valence-electron chi connectivity index (χ2n) is 5.43. The van der Waals surface area contributed by atoms with Crippen LogP contribution in [0.4, 0.5) is 5.69 Å². The third-order valence-corrected chi connectivity index (χ3v) is 5.01. The number of hydrogen-bond donors (Lipinski definition) is 1. The van der Waals surface area contributed by atoms with Crippen molar-refractivity contribution in [2.75, 3.05) is 5.32 Å². The largest absolute Gasteiger partial charge is 0.469 e. The van der Waals surface area contributed by atoms with Gasteiger partial charge in [-0.1, -0.05) is 29.4 Å². The lowest BCUT2D eigenvalue weighted by Crippen LogP contribution is -2.22. The highest BCUT2D eigenvalue weighted by molar-refractivity contribution is 8.00. The van der Waals surface area contributed by atoms with Gasteiger partial charge in [-0.25, -0.2) is 0 Å². The Bertz CT molecular complexity index is 906. The maximum absolute atomic E-state index is 12.4. The molecule has 25 heavy (non-hydrogen) atoms. The zero-order valence-corrected chi connectivity index (χ0v) is 15.4. The molecule has 1 N–H and O–H groups in total. The number of carbonyl (C=O) groups is 1. The van der Waals surface area contributed by atoms with Gasteiger partial charge >= 0.3 is 0 Å². The van der Waals surface area contributed by atoms with Crippen molar-refractivity contribution in [1.29, 1.82) is 0 Å². The van der Waals surface area contributed by atoms with E-state index in [1.165, 1.54) is 11.8 Å². The highest BCUT2D eigenvalue weighted by Gasteiger charge is 2.20. The monoisotopic (exact) mass is 377 g/mol. The molecule has 0 aliphatic rings. The van der Waals surface area contributed by atoms with Crippen molar-refractivity contribution < 1.29 is 13.6 Å².